The molecular weight excluding hydrogens is 452 g/mol. The summed E-state index contributed by atoms with van der Waals surface area (Å²) in [6.45, 7) is 4.83. The molecule has 11 heteroatoms. The van der Waals surface area contributed by atoms with Crippen LogP contribution < -0.4 is 16.0 Å². The second-order valence-corrected chi connectivity index (χ2v) is 8.74. The summed E-state index contributed by atoms with van der Waals surface area (Å²) in [5.74, 6) is -0.597. The summed E-state index contributed by atoms with van der Waals surface area (Å²) in [6.07, 6.45) is -6.78. The first-order valence-corrected chi connectivity index (χ1v) is 10.8. The minimum absolute atomic E-state index is 0.00143. The van der Waals surface area contributed by atoms with E-state index in [0.29, 0.717) is 24.6 Å². The highest BCUT2D eigenvalue weighted by molar-refractivity contribution is 5.94. The predicted octanol–water partition coefficient (Wildman–Crippen LogP) is 4.37. The summed E-state index contributed by atoms with van der Waals surface area (Å²) in [7, 11) is 0. The van der Waals surface area contributed by atoms with Crippen LogP contribution in [0.3, 0.4) is 0 Å². The molecule has 1 saturated carbocycles. The van der Waals surface area contributed by atoms with E-state index in [0.717, 1.165) is 25.7 Å². The summed E-state index contributed by atoms with van der Waals surface area (Å²) < 4.78 is 77.8. The molecule has 2 rings (SSSR count). The lowest BCUT2D eigenvalue weighted by atomic mass is 9.82. The Balaban J connectivity index is 1.84. The van der Waals surface area contributed by atoms with Crippen LogP contribution in [-0.4, -0.2) is 37.5 Å². The van der Waals surface area contributed by atoms with E-state index < -0.39 is 35.0 Å². The van der Waals surface area contributed by atoms with E-state index in [2.05, 4.69) is 16.0 Å². The van der Waals surface area contributed by atoms with Gasteiger partial charge in [-0.3, -0.25) is 9.59 Å². The summed E-state index contributed by atoms with van der Waals surface area (Å²) in [4.78, 5) is 23.9. The molecule has 1 fully saturated rings. The average molecular weight is 481 g/mol. The van der Waals surface area contributed by atoms with Gasteiger partial charge in [0.25, 0.3) is 5.91 Å². The minimum atomic E-state index is -5.00. The molecule has 0 unspecified atom stereocenters. The monoisotopic (exact) mass is 481 g/mol. The summed E-state index contributed by atoms with van der Waals surface area (Å²) in [5.41, 5.74) is -3.70. The van der Waals surface area contributed by atoms with Crippen molar-refractivity contribution in [1.29, 1.82) is 0 Å². The first-order valence-electron chi connectivity index (χ1n) is 10.8. The normalized spacial score (nSPS) is 19.4. The van der Waals surface area contributed by atoms with Crippen LogP contribution in [-0.2, 0) is 17.1 Å². The van der Waals surface area contributed by atoms with Crippen LogP contribution in [0.25, 0.3) is 0 Å². The van der Waals surface area contributed by atoms with Gasteiger partial charge in [-0.1, -0.05) is 0 Å². The van der Waals surface area contributed by atoms with Crippen molar-refractivity contribution in [3.8, 4) is 0 Å². The van der Waals surface area contributed by atoms with Gasteiger partial charge in [0, 0.05) is 18.2 Å². The van der Waals surface area contributed by atoms with Crippen LogP contribution in [0.2, 0.25) is 0 Å². The lowest BCUT2D eigenvalue weighted by Crippen LogP contribution is -2.39. The summed E-state index contributed by atoms with van der Waals surface area (Å²) in [5, 5.41) is 8.38. The van der Waals surface area contributed by atoms with Crippen molar-refractivity contribution in [2.24, 2.45) is 11.8 Å². The van der Waals surface area contributed by atoms with Crippen molar-refractivity contribution in [2.75, 3.05) is 19.6 Å². The van der Waals surface area contributed by atoms with Crippen LogP contribution in [0.5, 0.6) is 0 Å². The zero-order valence-electron chi connectivity index (χ0n) is 18.5. The maximum atomic E-state index is 13.0. The van der Waals surface area contributed by atoms with E-state index in [-0.39, 0.29) is 37.0 Å². The van der Waals surface area contributed by atoms with Gasteiger partial charge in [0.15, 0.2) is 0 Å². The summed E-state index contributed by atoms with van der Waals surface area (Å²) >= 11 is 0. The zero-order valence-corrected chi connectivity index (χ0v) is 18.5. The lowest BCUT2D eigenvalue weighted by Gasteiger charge is -2.29. The maximum Gasteiger partial charge on any atom is 0.416 e. The third kappa shape index (κ3) is 8.87. The van der Waals surface area contributed by atoms with Gasteiger partial charge >= 0.3 is 12.4 Å². The summed E-state index contributed by atoms with van der Waals surface area (Å²) in [6, 6.07) is 0.935. The second kappa shape index (κ2) is 11.2. The van der Waals surface area contributed by atoms with E-state index in [9.17, 15) is 35.9 Å². The van der Waals surface area contributed by atoms with Crippen molar-refractivity contribution >= 4 is 11.8 Å². The van der Waals surface area contributed by atoms with Crippen LogP contribution >= 0.6 is 0 Å². The van der Waals surface area contributed by atoms with Crippen molar-refractivity contribution in [3.63, 3.8) is 0 Å². The van der Waals surface area contributed by atoms with Crippen LogP contribution in [0.1, 0.15) is 61.0 Å². The molecular formula is C22H29F6N3O2. The molecule has 2 amide bonds. The quantitative estimate of drug-likeness (QED) is 0.483. The van der Waals surface area contributed by atoms with Crippen molar-refractivity contribution in [2.45, 2.75) is 57.9 Å². The molecule has 0 saturated heterocycles. The number of carbonyl (C=O) groups excluding carboxylic acids is 2. The fourth-order valence-corrected chi connectivity index (χ4v) is 3.83. The van der Waals surface area contributed by atoms with Crippen LogP contribution in [0, 0.1) is 11.8 Å². The van der Waals surface area contributed by atoms with Gasteiger partial charge in [0.1, 0.15) is 0 Å². The number of hydrogen-bond acceptors (Lipinski definition) is 3. The molecule has 1 aliphatic carbocycles. The molecule has 1 aromatic rings. The Morgan fingerprint density at radius 2 is 1.36 bits per heavy atom. The van der Waals surface area contributed by atoms with E-state index >= 15 is 0 Å². The van der Waals surface area contributed by atoms with E-state index in [4.69, 9.17) is 0 Å². The fourth-order valence-electron chi connectivity index (χ4n) is 3.83. The molecule has 186 valence electrons. The van der Waals surface area contributed by atoms with Gasteiger partial charge in [-0.25, -0.2) is 0 Å². The van der Waals surface area contributed by atoms with Gasteiger partial charge < -0.3 is 16.0 Å². The zero-order chi connectivity index (χ0) is 24.8. The van der Waals surface area contributed by atoms with Gasteiger partial charge in [0.05, 0.1) is 17.7 Å². The molecule has 1 aliphatic rings. The molecule has 3 N–H and O–H groups in total. The molecule has 5 nitrogen and oxygen atoms in total. The Kier molecular flexibility index (Phi) is 9.16. The fraction of sp³-hybridized carbons (Fsp3) is 0.636. The third-order valence-electron chi connectivity index (χ3n) is 5.54. The highest BCUT2D eigenvalue weighted by Gasteiger charge is 2.37. The van der Waals surface area contributed by atoms with Gasteiger partial charge in [-0.05, 0) is 76.1 Å². The largest absolute Gasteiger partial charge is 0.416 e. The first kappa shape index (κ1) is 26.9. The van der Waals surface area contributed by atoms with Gasteiger partial charge in [-0.2, -0.15) is 26.3 Å². The Labute approximate surface area is 188 Å². The molecule has 0 radical (unpaired) electrons. The highest BCUT2D eigenvalue weighted by Crippen LogP contribution is 2.36. The second-order valence-electron chi connectivity index (χ2n) is 8.74. The number of carbonyl (C=O) groups is 2. The molecule has 1 aromatic carbocycles. The SMILES string of the molecule is CC(C)NC(=O)CNC[C@H]1CC[C@H](CNC(=O)c2cc(C(F)(F)F)cc(C(F)(F)F)c2)CC1. The number of nitrogens with one attached hydrogen (secondary N) is 3. The van der Waals surface area contributed by atoms with E-state index in [1.165, 1.54) is 0 Å². The van der Waals surface area contributed by atoms with Crippen LogP contribution in [0.4, 0.5) is 26.3 Å². The smallest absolute Gasteiger partial charge is 0.353 e. The molecule has 0 heterocycles. The van der Waals surface area contributed by atoms with Crippen molar-refractivity contribution < 1.29 is 35.9 Å². The van der Waals surface area contributed by atoms with E-state index in [1.807, 2.05) is 13.8 Å². The topological polar surface area (TPSA) is 70.2 Å². The first-order chi connectivity index (χ1) is 15.3. The lowest BCUT2D eigenvalue weighted by molar-refractivity contribution is -0.143. The van der Waals surface area contributed by atoms with Gasteiger partial charge in [-0.15, -0.1) is 0 Å². The number of rotatable bonds is 8. The average Bonchev–Trinajstić information content (AvgIpc) is 2.70. The minimum Gasteiger partial charge on any atom is -0.353 e. The molecule has 33 heavy (non-hydrogen) atoms. The predicted molar refractivity (Wildman–Crippen MR) is 110 cm³/mol. The van der Waals surface area contributed by atoms with Crippen LogP contribution in [0.15, 0.2) is 18.2 Å². The Hall–Kier alpha value is -2.30. The number of alkyl halides is 6. The molecule has 0 aliphatic heterocycles. The number of hydrogen-bond donors (Lipinski definition) is 3. The maximum absolute atomic E-state index is 13.0. The standard InChI is InChI=1S/C22H29F6N3O2/c1-13(2)31-19(32)12-29-10-14-3-5-15(6-4-14)11-30-20(33)16-7-17(21(23,24)25)9-18(8-16)22(26,27)28/h7-9,13-15,29H,3-6,10-12H2,1-2H3,(H,30,33)(H,31,32)/t14-,15-. The highest BCUT2D eigenvalue weighted by atomic mass is 19.4. The molecule has 0 bridgehead atoms. The van der Waals surface area contributed by atoms with Crippen molar-refractivity contribution in [1.82, 2.24) is 16.0 Å². The molecule has 0 atom stereocenters. The Morgan fingerprint density at radius 1 is 0.879 bits per heavy atom. The number of halogens is 6. The third-order valence-corrected chi connectivity index (χ3v) is 5.54. The Bertz CT molecular complexity index is 783. The Morgan fingerprint density at radius 3 is 1.82 bits per heavy atom. The number of benzene rings is 1. The molecule has 0 spiro atoms. The molecule has 0 aromatic heterocycles. The van der Waals surface area contributed by atoms with Gasteiger partial charge in [0.2, 0.25) is 5.91 Å². The van der Waals surface area contributed by atoms with E-state index in [1.54, 1.807) is 0 Å². The number of amides is 2. The van der Waals surface area contributed by atoms with Crippen molar-refractivity contribution in [3.05, 3.63) is 34.9 Å².